The predicted octanol–water partition coefficient (Wildman–Crippen LogP) is 0.915. The van der Waals surface area contributed by atoms with Crippen LogP contribution < -0.4 is 4.72 Å². The number of nitrogens with one attached hydrogen (secondary N) is 1. The molecule has 0 saturated heterocycles. The molecule has 1 aromatic rings. The van der Waals surface area contributed by atoms with Gasteiger partial charge in [0.2, 0.25) is 0 Å². The molecule has 0 heterocycles. The second kappa shape index (κ2) is 5.58. The maximum Gasteiger partial charge on any atom is 0.301 e. The molecule has 0 fully saturated rings. The first-order valence-corrected chi connectivity index (χ1v) is 7.11. The molecule has 0 aliphatic heterocycles. The highest BCUT2D eigenvalue weighted by atomic mass is 32.2. The Bertz CT molecular complexity index is 580. The Balaban J connectivity index is 3.16. The molecule has 1 amide bonds. The standard InChI is InChI=1S/C12H19N3O3S/c1-9-6-7-10(12(16)14(2)3)8-11(9)13-19(17,18)15(4)5/h6-8,13H,1-5H3. The highest BCUT2D eigenvalue weighted by Gasteiger charge is 2.16. The Morgan fingerprint density at radius 1 is 1.16 bits per heavy atom. The van der Waals surface area contributed by atoms with Crippen LogP contribution in [0.4, 0.5) is 5.69 Å². The molecule has 0 aromatic heterocycles. The molecule has 0 aliphatic carbocycles. The molecule has 1 N–H and O–H groups in total. The van der Waals surface area contributed by atoms with Crippen molar-refractivity contribution < 1.29 is 13.2 Å². The molecule has 0 unspecified atom stereocenters. The van der Waals surface area contributed by atoms with Crippen LogP contribution in [0, 0.1) is 6.92 Å². The minimum absolute atomic E-state index is 0.176. The van der Waals surface area contributed by atoms with Gasteiger partial charge >= 0.3 is 10.2 Å². The van der Waals surface area contributed by atoms with E-state index in [9.17, 15) is 13.2 Å². The molecule has 7 heteroatoms. The minimum atomic E-state index is -3.58. The molecular formula is C12H19N3O3S. The smallest absolute Gasteiger partial charge is 0.301 e. The van der Waals surface area contributed by atoms with Gasteiger partial charge in [-0.15, -0.1) is 0 Å². The zero-order chi connectivity index (χ0) is 14.8. The largest absolute Gasteiger partial charge is 0.345 e. The van der Waals surface area contributed by atoms with E-state index in [1.807, 2.05) is 0 Å². The molecule has 0 radical (unpaired) electrons. The number of amides is 1. The van der Waals surface area contributed by atoms with Crippen LogP contribution in [-0.2, 0) is 10.2 Å². The molecule has 0 saturated carbocycles. The van der Waals surface area contributed by atoms with Gasteiger partial charge in [-0.25, -0.2) is 0 Å². The summed E-state index contributed by atoms with van der Waals surface area (Å²) in [6, 6.07) is 4.92. The Morgan fingerprint density at radius 3 is 2.21 bits per heavy atom. The lowest BCUT2D eigenvalue weighted by Gasteiger charge is -2.16. The Labute approximate surface area is 114 Å². The molecule has 106 valence electrons. The molecule has 0 bridgehead atoms. The summed E-state index contributed by atoms with van der Waals surface area (Å²) in [5.41, 5.74) is 1.59. The van der Waals surface area contributed by atoms with Crippen molar-refractivity contribution in [3.8, 4) is 0 Å². The Hall–Kier alpha value is -1.60. The fraction of sp³-hybridized carbons (Fsp3) is 0.417. The lowest BCUT2D eigenvalue weighted by Crippen LogP contribution is -2.29. The normalized spacial score (nSPS) is 11.5. The van der Waals surface area contributed by atoms with Crippen LogP contribution in [-0.4, -0.2) is 51.7 Å². The summed E-state index contributed by atoms with van der Waals surface area (Å²) in [5.74, 6) is -0.176. The number of carbonyl (C=O) groups is 1. The fourth-order valence-corrected chi connectivity index (χ4v) is 2.03. The number of hydrogen-bond acceptors (Lipinski definition) is 3. The van der Waals surface area contributed by atoms with Gasteiger partial charge in [0.05, 0.1) is 5.69 Å². The number of nitrogens with zero attached hydrogens (tertiary/aromatic N) is 2. The molecule has 1 rings (SSSR count). The zero-order valence-corrected chi connectivity index (χ0v) is 12.6. The van der Waals surface area contributed by atoms with Crippen molar-refractivity contribution in [3.05, 3.63) is 29.3 Å². The van der Waals surface area contributed by atoms with Crippen molar-refractivity contribution >= 4 is 21.8 Å². The predicted molar refractivity (Wildman–Crippen MR) is 75.4 cm³/mol. The van der Waals surface area contributed by atoms with Gasteiger partial charge in [0.25, 0.3) is 5.91 Å². The average molecular weight is 285 g/mol. The summed E-state index contributed by atoms with van der Waals surface area (Å²) in [6.45, 7) is 1.78. The third kappa shape index (κ3) is 3.68. The zero-order valence-electron chi connectivity index (χ0n) is 11.8. The summed E-state index contributed by atoms with van der Waals surface area (Å²) in [4.78, 5) is 13.3. The van der Waals surface area contributed by atoms with Gasteiger partial charge in [-0.05, 0) is 24.6 Å². The van der Waals surface area contributed by atoms with E-state index in [4.69, 9.17) is 0 Å². The third-order valence-electron chi connectivity index (χ3n) is 2.61. The van der Waals surface area contributed by atoms with Gasteiger partial charge in [0.15, 0.2) is 0 Å². The average Bonchev–Trinajstić information content (AvgIpc) is 2.30. The van der Waals surface area contributed by atoms with Gasteiger partial charge in [0.1, 0.15) is 0 Å². The SMILES string of the molecule is Cc1ccc(C(=O)N(C)C)cc1NS(=O)(=O)N(C)C. The van der Waals surface area contributed by atoms with E-state index in [-0.39, 0.29) is 5.91 Å². The molecule has 0 atom stereocenters. The Kier molecular flexibility index (Phi) is 4.54. The van der Waals surface area contributed by atoms with E-state index >= 15 is 0 Å². The van der Waals surface area contributed by atoms with Crippen molar-refractivity contribution in [2.45, 2.75) is 6.92 Å². The van der Waals surface area contributed by atoms with E-state index < -0.39 is 10.2 Å². The Morgan fingerprint density at radius 2 is 1.74 bits per heavy atom. The topological polar surface area (TPSA) is 69.7 Å². The van der Waals surface area contributed by atoms with Gasteiger partial charge in [-0.2, -0.15) is 12.7 Å². The van der Waals surface area contributed by atoms with Crippen LogP contribution in [0.2, 0.25) is 0 Å². The molecule has 1 aromatic carbocycles. The van der Waals surface area contributed by atoms with Crippen LogP contribution >= 0.6 is 0 Å². The van der Waals surface area contributed by atoms with Gasteiger partial charge in [0, 0.05) is 33.8 Å². The number of benzene rings is 1. The first kappa shape index (κ1) is 15.5. The van der Waals surface area contributed by atoms with Gasteiger partial charge in [-0.1, -0.05) is 6.07 Å². The monoisotopic (exact) mass is 285 g/mol. The second-order valence-corrected chi connectivity index (χ2v) is 6.50. The molecule has 6 nitrogen and oxygen atoms in total. The summed E-state index contributed by atoms with van der Waals surface area (Å²) < 4.78 is 27.1. The van der Waals surface area contributed by atoms with Crippen LogP contribution in [0.1, 0.15) is 15.9 Å². The third-order valence-corrected chi connectivity index (χ3v) is 4.05. The highest BCUT2D eigenvalue weighted by molar-refractivity contribution is 7.90. The molecule has 0 spiro atoms. The van der Waals surface area contributed by atoms with Crippen molar-refractivity contribution in [1.29, 1.82) is 0 Å². The van der Waals surface area contributed by atoms with E-state index in [1.54, 1.807) is 39.2 Å². The van der Waals surface area contributed by atoms with Crippen molar-refractivity contribution in [2.75, 3.05) is 32.9 Å². The quantitative estimate of drug-likeness (QED) is 0.894. The lowest BCUT2D eigenvalue weighted by atomic mass is 10.1. The number of carbonyl (C=O) groups excluding carboxylic acids is 1. The fourth-order valence-electron chi connectivity index (χ4n) is 1.35. The number of rotatable bonds is 4. The highest BCUT2D eigenvalue weighted by Crippen LogP contribution is 2.19. The van der Waals surface area contributed by atoms with Crippen LogP contribution in [0.15, 0.2) is 18.2 Å². The summed E-state index contributed by atoms with van der Waals surface area (Å²) in [5, 5.41) is 0. The number of hydrogen-bond donors (Lipinski definition) is 1. The summed E-state index contributed by atoms with van der Waals surface area (Å²) in [6.07, 6.45) is 0. The van der Waals surface area contributed by atoms with Crippen LogP contribution in [0.25, 0.3) is 0 Å². The lowest BCUT2D eigenvalue weighted by molar-refractivity contribution is 0.0827. The number of anilines is 1. The first-order valence-electron chi connectivity index (χ1n) is 5.67. The maximum absolute atomic E-state index is 11.8. The molecule has 0 aliphatic rings. The summed E-state index contributed by atoms with van der Waals surface area (Å²) in [7, 11) is 2.59. The maximum atomic E-state index is 11.8. The van der Waals surface area contributed by atoms with Gasteiger partial charge < -0.3 is 4.90 Å². The van der Waals surface area contributed by atoms with Crippen molar-refractivity contribution in [3.63, 3.8) is 0 Å². The van der Waals surface area contributed by atoms with Crippen molar-refractivity contribution in [2.24, 2.45) is 0 Å². The second-order valence-electron chi connectivity index (χ2n) is 4.62. The summed E-state index contributed by atoms with van der Waals surface area (Å²) >= 11 is 0. The van der Waals surface area contributed by atoms with Crippen LogP contribution in [0.3, 0.4) is 0 Å². The number of aryl methyl sites for hydroxylation is 1. The van der Waals surface area contributed by atoms with E-state index in [0.717, 1.165) is 9.87 Å². The minimum Gasteiger partial charge on any atom is -0.345 e. The molecular weight excluding hydrogens is 266 g/mol. The van der Waals surface area contributed by atoms with E-state index in [2.05, 4.69) is 4.72 Å². The van der Waals surface area contributed by atoms with Crippen molar-refractivity contribution in [1.82, 2.24) is 9.21 Å². The first-order chi connectivity index (χ1) is 8.65. The van der Waals surface area contributed by atoms with Crippen LogP contribution in [0.5, 0.6) is 0 Å². The van der Waals surface area contributed by atoms with Gasteiger partial charge in [-0.3, -0.25) is 9.52 Å². The van der Waals surface area contributed by atoms with E-state index in [0.29, 0.717) is 11.3 Å². The van der Waals surface area contributed by atoms with E-state index in [1.165, 1.54) is 19.0 Å². The molecule has 19 heavy (non-hydrogen) atoms.